The van der Waals surface area contributed by atoms with E-state index in [4.69, 9.17) is 0 Å². The molecular formula is C47H45N2+. The second-order valence-electron chi connectivity index (χ2n) is 13.6. The van der Waals surface area contributed by atoms with E-state index in [2.05, 4.69) is 203 Å². The SMILES string of the molecule is Cc1cc(C)c(-[n+]2cn(-c3c(C(c4ccccc4)c4ccccc4)cc(C)cc3C(c3ccccc3)c3ccccc3)c(C)c2C)c(C)c1. The lowest BCUT2D eigenvalue weighted by Gasteiger charge is -2.27. The van der Waals surface area contributed by atoms with Crippen LogP contribution in [0.2, 0.25) is 0 Å². The van der Waals surface area contributed by atoms with Gasteiger partial charge in [-0.1, -0.05) is 157 Å². The van der Waals surface area contributed by atoms with Crippen molar-refractivity contribution in [3.63, 3.8) is 0 Å². The number of imidazole rings is 1. The first-order valence-corrected chi connectivity index (χ1v) is 17.3. The number of aromatic nitrogens is 2. The normalized spacial score (nSPS) is 11.4. The molecule has 0 saturated carbocycles. The molecule has 1 heterocycles. The van der Waals surface area contributed by atoms with E-state index in [0.717, 1.165) is 0 Å². The first-order chi connectivity index (χ1) is 23.8. The Morgan fingerprint density at radius 1 is 0.449 bits per heavy atom. The van der Waals surface area contributed by atoms with E-state index in [1.807, 2.05) is 0 Å². The number of rotatable bonds is 8. The maximum Gasteiger partial charge on any atom is 0.254 e. The Balaban J connectivity index is 1.61. The monoisotopic (exact) mass is 637 g/mol. The van der Waals surface area contributed by atoms with Gasteiger partial charge >= 0.3 is 0 Å². The molecule has 0 amide bonds. The molecule has 0 fully saturated rings. The summed E-state index contributed by atoms with van der Waals surface area (Å²) in [4.78, 5) is 0. The minimum atomic E-state index is 0.0293. The molecule has 0 bridgehead atoms. The van der Waals surface area contributed by atoms with E-state index in [1.165, 1.54) is 78.4 Å². The molecule has 0 aliphatic rings. The third-order valence-corrected chi connectivity index (χ3v) is 10.1. The topological polar surface area (TPSA) is 8.81 Å². The lowest BCUT2D eigenvalue weighted by atomic mass is 9.78. The molecule has 0 unspecified atom stereocenters. The Bertz CT molecular complexity index is 2010. The van der Waals surface area contributed by atoms with Crippen LogP contribution in [-0.2, 0) is 0 Å². The zero-order valence-corrected chi connectivity index (χ0v) is 29.5. The fraction of sp³-hybridized carbons (Fsp3) is 0.170. The second-order valence-corrected chi connectivity index (χ2v) is 13.6. The summed E-state index contributed by atoms with van der Waals surface area (Å²) in [5.41, 5.74) is 17.8. The second kappa shape index (κ2) is 13.6. The Kier molecular flexibility index (Phi) is 8.89. The predicted molar refractivity (Wildman–Crippen MR) is 203 cm³/mol. The van der Waals surface area contributed by atoms with Crippen LogP contribution in [0, 0.1) is 41.5 Å². The van der Waals surface area contributed by atoms with E-state index in [1.54, 1.807) is 0 Å². The highest BCUT2D eigenvalue weighted by atomic mass is 15.2. The molecule has 49 heavy (non-hydrogen) atoms. The summed E-state index contributed by atoms with van der Waals surface area (Å²) in [5.74, 6) is 0.0586. The first kappa shape index (κ1) is 32.1. The Morgan fingerprint density at radius 2 is 0.796 bits per heavy atom. The van der Waals surface area contributed by atoms with Gasteiger partial charge in [0, 0.05) is 36.8 Å². The minimum absolute atomic E-state index is 0.0293. The van der Waals surface area contributed by atoms with E-state index < -0.39 is 0 Å². The molecule has 0 saturated heterocycles. The molecular weight excluding hydrogens is 593 g/mol. The molecule has 0 radical (unpaired) electrons. The van der Waals surface area contributed by atoms with Crippen molar-refractivity contribution in [3.8, 4) is 11.4 Å². The van der Waals surface area contributed by atoms with Gasteiger partial charge in [0.1, 0.15) is 22.8 Å². The van der Waals surface area contributed by atoms with Crippen molar-refractivity contribution in [2.24, 2.45) is 0 Å². The van der Waals surface area contributed by atoms with Gasteiger partial charge in [0.15, 0.2) is 0 Å². The van der Waals surface area contributed by atoms with Crippen molar-refractivity contribution >= 4 is 0 Å². The zero-order chi connectivity index (χ0) is 34.1. The molecule has 7 rings (SSSR count). The molecule has 0 aliphatic carbocycles. The summed E-state index contributed by atoms with van der Waals surface area (Å²) in [6.07, 6.45) is 2.34. The van der Waals surface area contributed by atoms with Crippen LogP contribution in [0.5, 0.6) is 0 Å². The van der Waals surface area contributed by atoms with Crippen LogP contribution in [0.25, 0.3) is 11.4 Å². The molecule has 7 aromatic rings. The highest BCUT2D eigenvalue weighted by Crippen LogP contribution is 2.43. The highest BCUT2D eigenvalue weighted by Gasteiger charge is 2.33. The van der Waals surface area contributed by atoms with E-state index in [9.17, 15) is 0 Å². The average molecular weight is 638 g/mol. The maximum atomic E-state index is 2.48. The first-order valence-electron chi connectivity index (χ1n) is 17.3. The van der Waals surface area contributed by atoms with Gasteiger partial charge in [-0.2, -0.15) is 9.13 Å². The van der Waals surface area contributed by atoms with Crippen molar-refractivity contribution in [2.45, 2.75) is 53.4 Å². The van der Waals surface area contributed by atoms with Crippen molar-refractivity contribution in [2.75, 3.05) is 0 Å². The molecule has 0 atom stereocenters. The molecule has 242 valence electrons. The molecule has 2 heteroatoms. The third-order valence-electron chi connectivity index (χ3n) is 10.1. The van der Waals surface area contributed by atoms with Gasteiger partial charge < -0.3 is 0 Å². The van der Waals surface area contributed by atoms with Gasteiger partial charge in [-0.25, -0.2) is 0 Å². The Hall–Kier alpha value is -5.47. The fourth-order valence-electron chi connectivity index (χ4n) is 7.88. The third kappa shape index (κ3) is 6.16. The number of hydrogen-bond acceptors (Lipinski definition) is 0. The lowest BCUT2D eigenvalue weighted by molar-refractivity contribution is -0.602. The molecule has 2 nitrogen and oxygen atoms in total. The average Bonchev–Trinajstić information content (AvgIpc) is 3.39. The number of nitrogens with zero attached hydrogens (tertiary/aromatic N) is 2. The van der Waals surface area contributed by atoms with Crippen LogP contribution in [0.1, 0.15) is 78.9 Å². The summed E-state index contributed by atoms with van der Waals surface area (Å²) in [5, 5.41) is 0. The minimum Gasteiger partial charge on any atom is -0.199 e. The smallest absolute Gasteiger partial charge is 0.199 e. The molecule has 6 aromatic carbocycles. The van der Waals surface area contributed by atoms with Crippen LogP contribution in [0.4, 0.5) is 0 Å². The summed E-state index contributed by atoms with van der Waals surface area (Å²) < 4.78 is 4.89. The van der Waals surface area contributed by atoms with E-state index in [-0.39, 0.29) is 11.8 Å². The van der Waals surface area contributed by atoms with Gasteiger partial charge in [-0.05, 0) is 61.1 Å². The maximum absolute atomic E-state index is 2.48. The van der Waals surface area contributed by atoms with Gasteiger partial charge in [-0.15, -0.1) is 0 Å². The molecule has 0 N–H and O–H groups in total. The number of aryl methyl sites for hydroxylation is 4. The summed E-state index contributed by atoms with van der Waals surface area (Å²) in [6.45, 7) is 13.4. The quantitative estimate of drug-likeness (QED) is 0.116. The van der Waals surface area contributed by atoms with Crippen molar-refractivity contribution in [1.82, 2.24) is 4.57 Å². The summed E-state index contributed by atoms with van der Waals surface area (Å²) in [7, 11) is 0. The highest BCUT2D eigenvalue weighted by molar-refractivity contribution is 5.63. The standard InChI is InChI=1S/C47H45N2/c1-32-27-34(3)46(35(4)28-32)48-31-49(37(6)36(48)5)47-42(44(38-19-11-7-12-20-38)39-21-13-8-14-22-39)29-33(2)30-43(47)45(40-23-15-9-16-24-40)41-25-17-10-18-26-41/h7-31,44-45H,1-6H3/q+1. The van der Waals surface area contributed by atoms with Gasteiger partial charge in [0.05, 0.1) is 0 Å². The number of hydrogen-bond donors (Lipinski definition) is 0. The van der Waals surface area contributed by atoms with Crippen molar-refractivity contribution < 1.29 is 4.57 Å². The predicted octanol–water partition coefficient (Wildman–Crippen LogP) is 11.0. The van der Waals surface area contributed by atoms with Crippen LogP contribution in [0.15, 0.2) is 152 Å². The van der Waals surface area contributed by atoms with Crippen molar-refractivity contribution in [3.05, 3.63) is 219 Å². The van der Waals surface area contributed by atoms with Gasteiger partial charge in [0.2, 0.25) is 0 Å². The summed E-state index contributed by atoms with van der Waals surface area (Å²) in [6, 6.07) is 53.5. The summed E-state index contributed by atoms with van der Waals surface area (Å²) >= 11 is 0. The van der Waals surface area contributed by atoms with Crippen LogP contribution < -0.4 is 4.57 Å². The molecule has 1 aromatic heterocycles. The Labute approximate surface area is 292 Å². The zero-order valence-electron chi connectivity index (χ0n) is 29.5. The largest absolute Gasteiger partial charge is 0.254 e. The lowest BCUT2D eigenvalue weighted by Crippen LogP contribution is -2.34. The van der Waals surface area contributed by atoms with E-state index >= 15 is 0 Å². The van der Waals surface area contributed by atoms with E-state index in [0.29, 0.717) is 0 Å². The fourth-order valence-corrected chi connectivity index (χ4v) is 7.88. The van der Waals surface area contributed by atoms with Crippen LogP contribution in [-0.4, -0.2) is 4.57 Å². The van der Waals surface area contributed by atoms with Crippen molar-refractivity contribution in [1.29, 1.82) is 0 Å². The van der Waals surface area contributed by atoms with Gasteiger partial charge in [-0.3, -0.25) is 0 Å². The molecule has 0 spiro atoms. The van der Waals surface area contributed by atoms with Crippen LogP contribution in [0.3, 0.4) is 0 Å². The Morgan fingerprint density at radius 3 is 1.16 bits per heavy atom. The molecule has 0 aliphatic heterocycles. The number of benzene rings is 6. The van der Waals surface area contributed by atoms with Gasteiger partial charge in [0.25, 0.3) is 6.33 Å². The van der Waals surface area contributed by atoms with Crippen LogP contribution >= 0.6 is 0 Å².